The van der Waals surface area contributed by atoms with Gasteiger partial charge in [0.25, 0.3) is 5.69 Å². The van der Waals surface area contributed by atoms with Crippen molar-refractivity contribution in [2.45, 2.75) is 19.1 Å². The first-order valence-electron chi connectivity index (χ1n) is 4.69. The Labute approximate surface area is 107 Å². The standard InChI is InChI=1S/C9H11BrN2O4S/c1-6(2)17(15,16)11-7-3-4-8(10)9(5-7)12(13)14/h3-6,11H,1-2H3. The number of benzene rings is 1. The number of nitrogens with zero attached hydrogens (tertiary/aromatic N) is 1. The molecular weight excluding hydrogens is 312 g/mol. The summed E-state index contributed by atoms with van der Waals surface area (Å²) in [4.78, 5) is 10.1. The molecule has 1 rings (SSSR count). The van der Waals surface area contributed by atoms with Crippen molar-refractivity contribution < 1.29 is 13.3 Å². The lowest BCUT2D eigenvalue weighted by Crippen LogP contribution is -2.22. The van der Waals surface area contributed by atoms with Crippen LogP contribution in [0, 0.1) is 10.1 Å². The number of hydrogen-bond donors (Lipinski definition) is 1. The number of nitro groups is 1. The second-order valence-electron chi connectivity index (χ2n) is 3.62. The van der Waals surface area contributed by atoms with Gasteiger partial charge < -0.3 is 0 Å². The molecule has 0 heterocycles. The Morgan fingerprint density at radius 2 is 2.00 bits per heavy atom. The molecule has 0 saturated heterocycles. The van der Waals surface area contributed by atoms with Crippen molar-refractivity contribution in [2.75, 3.05) is 4.72 Å². The molecule has 0 saturated carbocycles. The molecule has 0 fully saturated rings. The van der Waals surface area contributed by atoms with E-state index in [1.54, 1.807) is 0 Å². The summed E-state index contributed by atoms with van der Waals surface area (Å²) < 4.78 is 25.7. The van der Waals surface area contributed by atoms with Crippen LogP contribution in [0.3, 0.4) is 0 Å². The fraction of sp³-hybridized carbons (Fsp3) is 0.333. The van der Waals surface area contributed by atoms with Crippen LogP contribution in [-0.2, 0) is 10.0 Å². The van der Waals surface area contributed by atoms with Gasteiger partial charge >= 0.3 is 0 Å². The Morgan fingerprint density at radius 3 is 2.47 bits per heavy atom. The first-order valence-corrected chi connectivity index (χ1v) is 7.03. The average Bonchev–Trinajstić information content (AvgIpc) is 2.20. The molecular formula is C9H11BrN2O4S. The van der Waals surface area contributed by atoms with E-state index < -0.39 is 20.2 Å². The smallest absolute Gasteiger partial charge is 0.283 e. The van der Waals surface area contributed by atoms with E-state index in [9.17, 15) is 18.5 Å². The molecule has 0 aromatic heterocycles. The maximum atomic E-state index is 11.6. The topological polar surface area (TPSA) is 89.3 Å². The molecule has 1 N–H and O–H groups in total. The van der Waals surface area contributed by atoms with Crippen LogP contribution in [0.5, 0.6) is 0 Å². The first-order chi connectivity index (χ1) is 7.74. The zero-order chi connectivity index (χ0) is 13.2. The molecule has 94 valence electrons. The second kappa shape index (κ2) is 5.01. The van der Waals surface area contributed by atoms with Gasteiger partial charge in [-0.25, -0.2) is 8.42 Å². The number of hydrogen-bond acceptors (Lipinski definition) is 4. The Kier molecular flexibility index (Phi) is 4.10. The largest absolute Gasteiger partial charge is 0.285 e. The number of nitrogens with one attached hydrogen (secondary N) is 1. The third-order valence-electron chi connectivity index (χ3n) is 2.02. The van der Waals surface area contributed by atoms with E-state index in [-0.39, 0.29) is 11.4 Å². The van der Waals surface area contributed by atoms with E-state index in [1.165, 1.54) is 32.0 Å². The Morgan fingerprint density at radius 1 is 1.41 bits per heavy atom. The number of halogens is 1. The second-order valence-corrected chi connectivity index (χ2v) is 6.71. The fourth-order valence-electron chi connectivity index (χ4n) is 0.998. The molecule has 0 radical (unpaired) electrons. The van der Waals surface area contributed by atoms with Gasteiger partial charge in [-0.05, 0) is 41.9 Å². The van der Waals surface area contributed by atoms with Crippen LogP contribution in [0.15, 0.2) is 22.7 Å². The van der Waals surface area contributed by atoms with Gasteiger partial charge in [-0.15, -0.1) is 0 Å². The molecule has 0 spiro atoms. The summed E-state index contributed by atoms with van der Waals surface area (Å²) >= 11 is 3.02. The van der Waals surface area contributed by atoms with E-state index in [2.05, 4.69) is 20.7 Å². The van der Waals surface area contributed by atoms with Crippen LogP contribution in [0.25, 0.3) is 0 Å². The molecule has 6 nitrogen and oxygen atoms in total. The van der Waals surface area contributed by atoms with Crippen LogP contribution in [0.1, 0.15) is 13.8 Å². The first kappa shape index (κ1) is 13.9. The van der Waals surface area contributed by atoms with Crippen LogP contribution in [-0.4, -0.2) is 18.6 Å². The fourth-order valence-corrected chi connectivity index (χ4v) is 2.08. The van der Waals surface area contributed by atoms with Gasteiger partial charge in [0.2, 0.25) is 10.0 Å². The molecule has 0 aliphatic rings. The van der Waals surface area contributed by atoms with E-state index >= 15 is 0 Å². The van der Waals surface area contributed by atoms with Gasteiger partial charge in [0.1, 0.15) is 0 Å². The minimum Gasteiger partial charge on any atom is -0.283 e. The average molecular weight is 323 g/mol. The lowest BCUT2D eigenvalue weighted by Gasteiger charge is -2.10. The van der Waals surface area contributed by atoms with Gasteiger partial charge in [0, 0.05) is 6.07 Å². The van der Waals surface area contributed by atoms with E-state index in [0.717, 1.165) is 0 Å². The van der Waals surface area contributed by atoms with Crippen LogP contribution < -0.4 is 4.72 Å². The summed E-state index contributed by atoms with van der Waals surface area (Å²) in [5.74, 6) is 0. The lowest BCUT2D eigenvalue weighted by molar-refractivity contribution is -0.385. The molecule has 1 aromatic carbocycles. The zero-order valence-corrected chi connectivity index (χ0v) is 11.6. The number of sulfonamides is 1. The number of anilines is 1. The summed E-state index contributed by atoms with van der Waals surface area (Å²) in [6.07, 6.45) is 0. The van der Waals surface area contributed by atoms with Crippen molar-refractivity contribution in [3.05, 3.63) is 32.8 Å². The van der Waals surface area contributed by atoms with E-state index in [1.807, 2.05) is 0 Å². The molecule has 0 amide bonds. The molecule has 0 aliphatic heterocycles. The Bertz CT molecular complexity index is 542. The van der Waals surface area contributed by atoms with Crippen molar-refractivity contribution in [2.24, 2.45) is 0 Å². The van der Waals surface area contributed by atoms with Gasteiger partial charge in [-0.2, -0.15) is 0 Å². The summed E-state index contributed by atoms with van der Waals surface area (Å²) in [7, 11) is -3.49. The van der Waals surface area contributed by atoms with E-state index in [4.69, 9.17) is 0 Å². The van der Waals surface area contributed by atoms with Gasteiger partial charge in [-0.1, -0.05) is 0 Å². The Balaban J connectivity index is 3.10. The molecule has 8 heteroatoms. The van der Waals surface area contributed by atoms with Gasteiger partial charge in [0.05, 0.1) is 20.3 Å². The molecule has 0 unspecified atom stereocenters. The minimum atomic E-state index is -3.49. The highest BCUT2D eigenvalue weighted by Gasteiger charge is 2.18. The highest BCUT2D eigenvalue weighted by atomic mass is 79.9. The Hall–Kier alpha value is -1.15. The van der Waals surface area contributed by atoms with E-state index in [0.29, 0.717) is 4.47 Å². The summed E-state index contributed by atoms with van der Waals surface area (Å²) in [5, 5.41) is 10.1. The lowest BCUT2D eigenvalue weighted by atomic mass is 10.3. The monoisotopic (exact) mass is 322 g/mol. The highest BCUT2D eigenvalue weighted by molar-refractivity contribution is 9.10. The quantitative estimate of drug-likeness (QED) is 0.681. The third kappa shape index (κ3) is 3.40. The summed E-state index contributed by atoms with van der Waals surface area (Å²) in [6, 6.07) is 4.05. The van der Waals surface area contributed by atoms with Crippen LogP contribution in [0.2, 0.25) is 0 Å². The van der Waals surface area contributed by atoms with Crippen molar-refractivity contribution >= 4 is 37.3 Å². The molecule has 17 heavy (non-hydrogen) atoms. The third-order valence-corrected chi connectivity index (χ3v) is 4.46. The highest BCUT2D eigenvalue weighted by Crippen LogP contribution is 2.28. The van der Waals surface area contributed by atoms with Gasteiger partial charge in [0.15, 0.2) is 0 Å². The molecule has 0 atom stereocenters. The SMILES string of the molecule is CC(C)S(=O)(=O)Nc1ccc(Br)c([N+](=O)[O-])c1. The summed E-state index contributed by atoms with van der Waals surface area (Å²) in [5.41, 5.74) is -0.0115. The maximum Gasteiger partial charge on any atom is 0.285 e. The van der Waals surface area contributed by atoms with Crippen LogP contribution in [0.4, 0.5) is 11.4 Å². The minimum absolute atomic E-state index is 0.175. The normalized spacial score (nSPS) is 11.5. The number of nitro benzene ring substituents is 1. The maximum absolute atomic E-state index is 11.6. The molecule has 0 bridgehead atoms. The molecule has 0 aliphatic carbocycles. The van der Waals surface area contributed by atoms with Crippen LogP contribution >= 0.6 is 15.9 Å². The van der Waals surface area contributed by atoms with Crippen molar-refractivity contribution in [3.63, 3.8) is 0 Å². The number of rotatable bonds is 4. The van der Waals surface area contributed by atoms with Crippen molar-refractivity contribution in [1.82, 2.24) is 0 Å². The molecule has 1 aromatic rings. The van der Waals surface area contributed by atoms with Crippen molar-refractivity contribution in [3.8, 4) is 0 Å². The predicted molar refractivity (Wildman–Crippen MR) is 68.5 cm³/mol. The van der Waals surface area contributed by atoms with Crippen molar-refractivity contribution in [1.29, 1.82) is 0 Å². The van der Waals surface area contributed by atoms with Gasteiger partial charge in [-0.3, -0.25) is 14.8 Å². The predicted octanol–water partition coefficient (Wildman–Crippen LogP) is 2.51. The zero-order valence-electron chi connectivity index (χ0n) is 9.18. The summed E-state index contributed by atoms with van der Waals surface area (Å²) in [6.45, 7) is 3.05.